The maximum absolute atomic E-state index is 10.4. The van der Waals surface area contributed by atoms with E-state index in [0.29, 0.717) is 5.56 Å². The number of fused-ring (bicyclic) bond motifs is 10. The first-order valence-electron chi connectivity index (χ1n) is 16.1. The van der Waals surface area contributed by atoms with E-state index in [1.54, 1.807) is 0 Å². The van der Waals surface area contributed by atoms with E-state index in [4.69, 9.17) is 4.42 Å². The first kappa shape index (κ1) is 26.0. The number of furan rings is 1. The van der Waals surface area contributed by atoms with Gasteiger partial charge in [-0.05, 0) is 78.6 Å². The Hall–Kier alpha value is -6.31. The molecule has 4 heteroatoms. The molecule has 1 aliphatic rings. The Labute approximate surface area is 270 Å². The Kier molecular flexibility index (Phi) is 5.44. The lowest BCUT2D eigenvalue weighted by Gasteiger charge is -2.16. The van der Waals surface area contributed by atoms with E-state index in [-0.39, 0.29) is 0 Å². The van der Waals surface area contributed by atoms with Crippen molar-refractivity contribution in [3.8, 4) is 28.6 Å². The Morgan fingerprint density at radius 2 is 1.34 bits per heavy atom. The van der Waals surface area contributed by atoms with E-state index in [9.17, 15) is 5.26 Å². The van der Waals surface area contributed by atoms with E-state index < -0.39 is 0 Å². The third-order valence-corrected chi connectivity index (χ3v) is 9.84. The Bertz CT molecular complexity index is 2800. The maximum atomic E-state index is 10.4. The molecule has 0 bridgehead atoms. The van der Waals surface area contributed by atoms with Crippen molar-refractivity contribution < 1.29 is 4.42 Å². The molecule has 0 fully saturated rings. The molecule has 9 aromatic rings. The van der Waals surface area contributed by atoms with Crippen molar-refractivity contribution in [1.82, 2.24) is 9.13 Å². The van der Waals surface area contributed by atoms with Gasteiger partial charge < -0.3 is 13.6 Å². The molecule has 0 N–H and O–H groups in total. The predicted octanol–water partition coefficient (Wildman–Crippen LogP) is 11.1. The van der Waals surface area contributed by atoms with Gasteiger partial charge in [0.25, 0.3) is 0 Å². The second kappa shape index (κ2) is 9.84. The fourth-order valence-electron chi connectivity index (χ4n) is 7.78. The van der Waals surface area contributed by atoms with Crippen LogP contribution in [0.1, 0.15) is 23.2 Å². The predicted molar refractivity (Wildman–Crippen MR) is 192 cm³/mol. The highest BCUT2D eigenvalue weighted by molar-refractivity contribution is 6.24. The second-order valence-corrected chi connectivity index (χ2v) is 12.3. The normalized spacial score (nSPS) is 12.8. The van der Waals surface area contributed by atoms with Crippen molar-refractivity contribution in [2.24, 2.45) is 0 Å². The van der Waals surface area contributed by atoms with Crippen LogP contribution in [0, 0.1) is 11.3 Å². The van der Waals surface area contributed by atoms with Crippen LogP contribution in [0.25, 0.3) is 83.2 Å². The van der Waals surface area contributed by atoms with Crippen LogP contribution in [0.5, 0.6) is 0 Å². The summed E-state index contributed by atoms with van der Waals surface area (Å²) in [6.07, 6.45) is 6.44. The van der Waals surface area contributed by atoms with Crippen molar-refractivity contribution in [2.75, 3.05) is 0 Å². The first-order valence-corrected chi connectivity index (χ1v) is 16.1. The van der Waals surface area contributed by atoms with Gasteiger partial charge in [0.15, 0.2) is 0 Å². The second-order valence-electron chi connectivity index (χ2n) is 12.3. The summed E-state index contributed by atoms with van der Waals surface area (Å²) in [5.74, 6) is 0. The van der Waals surface area contributed by atoms with Gasteiger partial charge in [0.05, 0.1) is 33.2 Å². The zero-order valence-electron chi connectivity index (χ0n) is 25.4. The number of allylic oxidation sites excluding steroid dienone is 1. The van der Waals surface area contributed by atoms with Crippen LogP contribution < -0.4 is 0 Å². The molecule has 0 spiro atoms. The number of nitrogens with zero attached hydrogens (tertiary/aromatic N) is 3. The van der Waals surface area contributed by atoms with E-state index in [2.05, 4.69) is 137 Å². The highest BCUT2D eigenvalue weighted by atomic mass is 16.3. The quantitative estimate of drug-likeness (QED) is 0.202. The summed E-state index contributed by atoms with van der Waals surface area (Å²) in [5, 5.41) is 16.3. The van der Waals surface area contributed by atoms with Gasteiger partial charge in [-0.2, -0.15) is 5.26 Å². The minimum Gasteiger partial charge on any atom is -0.456 e. The number of aromatic nitrogens is 2. The summed E-state index contributed by atoms with van der Waals surface area (Å²) in [6, 6.07) is 47.1. The van der Waals surface area contributed by atoms with Crippen LogP contribution in [-0.4, -0.2) is 9.13 Å². The zero-order chi connectivity index (χ0) is 31.1. The van der Waals surface area contributed by atoms with Crippen LogP contribution in [-0.2, 0) is 6.42 Å². The Balaban J connectivity index is 1.12. The molecule has 47 heavy (non-hydrogen) atoms. The number of nitriles is 1. The lowest BCUT2D eigenvalue weighted by molar-refractivity contribution is 0.669. The molecule has 0 saturated carbocycles. The molecule has 0 unspecified atom stereocenters. The summed E-state index contributed by atoms with van der Waals surface area (Å²) < 4.78 is 10.9. The number of benzene rings is 6. The molecule has 0 radical (unpaired) electrons. The molecule has 3 aromatic heterocycles. The minimum atomic E-state index is 0.668. The van der Waals surface area contributed by atoms with Gasteiger partial charge in [0.2, 0.25) is 0 Å². The van der Waals surface area contributed by atoms with E-state index in [1.807, 2.05) is 18.2 Å². The Morgan fingerprint density at radius 3 is 2.17 bits per heavy atom. The first-order chi connectivity index (χ1) is 23.3. The van der Waals surface area contributed by atoms with Gasteiger partial charge in [-0.15, -0.1) is 0 Å². The molecular formula is C43H27N3O. The lowest BCUT2D eigenvalue weighted by atomic mass is 10.0. The lowest BCUT2D eigenvalue weighted by Crippen LogP contribution is -2.05. The van der Waals surface area contributed by atoms with E-state index >= 15 is 0 Å². The molecule has 4 nitrogen and oxygen atoms in total. The summed E-state index contributed by atoms with van der Waals surface area (Å²) in [7, 11) is 0. The van der Waals surface area contributed by atoms with Crippen molar-refractivity contribution in [1.29, 1.82) is 5.26 Å². The van der Waals surface area contributed by atoms with Crippen LogP contribution in [0.3, 0.4) is 0 Å². The zero-order valence-corrected chi connectivity index (χ0v) is 25.4. The summed E-state index contributed by atoms with van der Waals surface area (Å²) in [4.78, 5) is 0. The smallest absolute Gasteiger partial charge is 0.137 e. The number of rotatable bonds is 3. The largest absolute Gasteiger partial charge is 0.456 e. The molecule has 0 atom stereocenters. The molecule has 1 aliphatic carbocycles. The number of hydrogen-bond donors (Lipinski definition) is 0. The molecule has 0 aliphatic heterocycles. The van der Waals surface area contributed by atoms with Crippen molar-refractivity contribution in [3.05, 3.63) is 150 Å². The molecular weight excluding hydrogens is 574 g/mol. The minimum absolute atomic E-state index is 0.668. The van der Waals surface area contributed by atoms with Crippen molar-refractivity contribution in [2.45, 2.75) is 12.8 Å². The van der Waals surface area contributed by atoms with Gasteiger partial charge in [-0.25, -0.2) is 0 Å². The third-order valence-electron chi connectivity index (χ3n) is 9.84. The summed E-state index contributed by atoms with van der Waals surface area (Å²) in [5.41, 5.74) is 12.5. The van der Waals surface area contributed by atoms with Gasteiger partial charge in [-0.3, -0.25) is 0 Å². The van der Waals surface area contributed by atoms with Crippen LogP contribution in [0.15, 0.2) is 138 Å². The average molecular weight is 602 g/mol. The van der Waals surface area contributed by atoms with Crippen LogP contribution in [0.4, 0.5) is 0 Å². The summed E-state index contributed by atoms with van der Waals surface area (Å²) >= 11 is 0. The van der Waals surface area contributed by atoms with Gasteiger partial charge in [0, 0.05) is 38.5 Å². The highest BCUT2D eigenvalue weighted by Gasteiger charge is 2.21. The Morgan fingerprint density at radius 1 is 0.617 bits per heavy atom. The monoisotopic (exact) mass is 601 g/mol. The molecule has 220 valence electrons. The average Bonchev–Trinajstić information content (AvgIpc) is 3.79. The third kappa shape index (κ3) is 3.69. The fourth-order valence-corrected chi connectivity index (χ4v) is 7.78. The highest BCUT2D eigenvalue weighted by Crippen LogP contribution is 2.41. The van der Waals surface area contributed by atoms with Crippen LogP contribution >= 0.6 is 0 Å². The molecule has 0 saturated heterocycles. The van der Waals surface area contributed by atoms with Gasteiger partial charge in [-0.1, -0.05) is 84.9 Å². The van der Waals surface area contributed by atoms with E-state index in [1.165, 1.54) is 27.4 Å². The topological polar surface area (TPSA) is 46.8 Å². The van der Waals surface area contributed by atoms with Gasteiger partial charge >= 0.3 is 0 Å². The standard InChI is InChI=1S/C43H27N3O/c44-26-29-25-28(19-23-36(29)46-38-14-6-1-9-31(38)32-10-2-7-15-39(32)46)27-17-20-30(21-18-27)45-37-13-5-3-11-33(37)34-22-24-41-42(43(34)45)35-12-4-8-16-40(35)47-41/h1-6,8-14,16-25H,7,15H2. The SMILES string of the molecule is N#Cc1cc(-c2ccc(-n3c4ccccc4c4ccc5oc6ccccc6c5c43)cc2)ccc1-n1c2c(c3ccccc31)C=CCC2. The summed E-state index contributed by atoms with van der Waals surface area (Å²) in [6.45, 7) is 0. The molecule has 10 rings (SSSR count). The van der Waals surface area contributed by atoms with Crippen molar-refractivity contribution >= 4 is 60.7 Å². The fraction of sp³-hybridized carbons (Fsp3) is 0.0465. The maximum Gasteiger partial charge on any atom is 0.137 e. The van der Waals surface area contributed by atoms with Crippen LogP contribution in [0.2, 0.25) is 0 Å². The number of para-hydroxylation sites is 3. The van der Waals surface area contributed by atoms with Crippen molar-refractivity contribution in [3.63, 3.8) is 0 Å². The van der Waals surface area contributed by atoms with Gasteiger partial charge in [0.1, 0.15) is 17.2 Å². The number of hydrogen-bond acceptors (Lipinski definition) is 2. The molecule has 3 heterocycles. The molecule has 0 amide bonds. The molecule has 6 aromatic carbocycles. The van der Waals surface area contributed by atoms with E-state index in [0.717, 1.165) is 73.8 Å².